The molecule has 2 rings (SSSR count). The molecule has 0 saturated heterocycles. The predicted octanol–water partition coefficient (Wildman–Crippen LogP) is 1.78. The highest BCUT2D eigenvalue weighted by Gasteiger charge is 2.18. The fourth-order valence-electron chi connectivity index (χ4n) is 1.95. The summed E-state index contributed by atoms with van der Waals surface area (Å²) in [6.07, 6.45) is 2.06. The number of hydrogen-bond acceptors (Lipinski definition) is 4. The standard InChI is InChI=1S/C16H16N4O/c1-12-18-8-7-15(20-12)11-19-16(21)14(10-17)9-13-5-3-2-4-6-13/h2-8,14H,9,11H2,1H3,(H,19,21). The van der Waals surface area contributed by atoms with Crippen LogP contribution in [0.5, 0.6) is 0 Å². The zero-order valence-corrected chi connectivity index (χ0v) is 11.8. The van der Waals surface area contributed by atoms with Crippen LogP contribution in [0.3, 0.4) is 0 Å². The molecule has 0 saturated carbocycles. The Morgan fingerprint density at radius 3 is 2.76 bits per heavy atom. The molecular formula is C16H16N4O. The summed E-state index contributed by atoms with van der Waals surface area (Å²) in [7, 11) is 0. The van der Waals surface area contributed by atoms with Crippen LogP contribution in [0.15, 0.2) is 42.6 Å². The van der Waals surface area contributed by atoms with E-state index in [1.807, 2.05) is 30.3 Å². The van der Waals surface area contributed by atoms with Crippen LogP contribution in [-0.4, -0.2) is 15.9 Å². The molecule has 0 fully saturated rings. The van der Waals surface area contributed by atoms with Crippen molar-refractivity contribution in [1.82, 2.24) is 15.3 Å². The molecule has 0 bridgehead atoms. The first-order valence-electron chi connectivity index (χ1n) is 6.69. The molecule has 0 aliphatic carbocycles. The third-order valence-electron chi connectivity index (χ3n) is 3.03. The third-order valence-corrected chi connectivity index (χ3v) is 3.03. The summed E-state index contributed by atoms with van der Waals surface area (Å²) in [5.41, 5.74) is 1.70. The highest BCUT2D eigenvalue weighted by atomic mass is 16.1. The lowest BCUT2D eigenvalue weighted by atomic mass is 10.00. The molecule has 1 atom stereocenters. The molecular weight excluding hydrogens is 264 g/mol. The zero-order valence-electron chi connectivity index (χ0n) is 11.8. The van der Waals surface area contributed by atoms with Gasteiger partial charge >= 0.3 is 0 Å². The van der Waals surface area contributed by atoms with E-state index in [1.54, 1.807) is 19.2 Å². The second-order valence-corrected chi connectivity index (χ2v) is 4.68. The van der Waals surface area contributed by atoms with E-state index in [4.69, 9.17) is 5.26 Å². The minimum Gasteiger partial charge on any atom is -0.349 e. The van der Waals surface area contributed by atoms with Crippen molar-refractivity contribution in [2.75, 3.05) is 0 Å². The SMILES string of the molecule is Cc1nccc(CNC(=O)C(C#N)Cc2ccccc2)n1. The lowest BCUT2D eigenvalue weighted by Crippen LogP contribution is -2.31. The van der Waals surface area contributed by atoms with E-state index < -0.39 is 5.92 Å². The van der Waals surface area contributed by atoms with E-state index in [0.717, 1.165) is 11.3 Å². The minimum atomic E-state index is -0.699. The molecule has 0 aliphatic rings. The van der Waals surface area contributed by atoms with Crippen molar-refractivity contribution in [3.63, 3.8) is 0 Å². The Hall–Kier alpha value is -2.74. The Kier molecular flexibility index (Phi) is 4.99. The first-order valence-corrected chi connectivity index (χ1v) is 6.69. The van der Waals surface area contributed by atoms with Crippen LogP contribution in [0, 0.1) is 24.2 Å². The van der Waals surface area contributed by atoms with Crippen LogP contribution < -0.4 is 5.32 Å². The fourth-order valence-corrected chi connectivity index (χ4v) is 1.95. The van der Waals surface area contributed by atoms with Gasteiger partial charge in [-0.1, -0.05) is 30.3 Å². The van der Waals surface area contributed by atoms with Gasteiger partial charge in [0, 0.05) is 6.20 Å². The summed E-state index contributed by atoms with van der Waals surface area (Å²) in [6, 6.07) is 13.3. The lowest BCUT2D eigenvalue weighted by molar-refractivity contribution is -0.123. The molecule has 0 aliphatic heterocycles. The van der Waals surface area contributed by atoms with Gasteiger partial charge in [-0.3, -0.25) is 4.79 Å². The summed E-state index contributed by atoms with van der Waals surface area (Å²) in [5.74, 6) is -0.323. The molecule has 1 unspecified atom stereocenters. The van der Waals surface area contributed by atoms with Crippen molar-refractivity contribution in [1.29, 1.82) is 5.26 Å². The number of nitriles is 1. The number of carbonyl (C=O) groups is 1. The number of rotatable bonds is 5. The Morgan fingerprint density at radius 1 is 1.33 bits per heavy atom. The number of aromatic nitrogens is 2. The highest BCUT2D eigenvalue weighted by Crippen LogP contribution is 2.08. The van der Waals surface area contributed by atoms with Gasteiger partial charge in [0.2, 0.25) is 5.91 Å². The van der Waals surface area contributed by atoms with E-state index in [0.29, 0.717) is 18.8 Å². The van der Waals surface area contributed by atoms with Gasteiger partial charge in [-0.2, -0.15) is 5.26 Å². The van der Waals surface area contributed by atoms with Crippen LogP contribution in [0.4, 0.5) is 0 Å². The average molecular weight is 280 g/mol. The number of hydrogen-bond donors (Lipinski definition) is 1. The molecule has 2 aromatic rings. The zero-order chi connectivity index (χ0) is 15.1. The molecule has 1 aromatic heterocycles. The third kappa shape index (κ3) is 4.39. The van der Waals surface area contributed by atoms with Gasteiger partial charge in [-0.05, 0) is 25.0 Å². The van der Waals surface area contributed by atoms with Crippen molar-refractivity contribution in [3.05, 3.63) is 59.7 Å². The Labute approximate surface area is 123 Å². The number of nitrogens with one attached hydrogen (secondary N) is 1. The van der Waals surface area contributed by atoms with Gasteiger partial charge in [0.1, 0.15) is 11.7 Å². The Balaban J connectivity index is 1.93. The lowest BCUT2D eigenvalue weighted by Gasteiger charge is -2.10. The van der Waals surface area contributed by atoms with Gasteiger partial charge in [0.25, 0.3) is 0 Å². The number of aryl methyl sites for hydroxylation is 1. The number of amides is 1. The summed E-state index contributed by atoms with van der Waals surface area (Å²) in [5, 5.41) is 11.9. The smallest absolute Gasteiger partial charge is 0.238 e. The number of carbonyl (C=O) groups excluding carboxylic acids is 1. The molecule has 1 N–H and O–H groups in total. The maximum Gasteiger partial charge on any atom is 0.238 e. The fraction of sp³-hybridized carbons (Fsp3) is 0.250. The van der Waals surface area contributed by atoms with Gasteiger partial charge in [-0.15, -0.1) is 0 Å². The summed E-state index contributed by atoms with van der Waals surface area (Å²) in [6.45, 7) is 2.09. The second-order valence-electron chi connectivity index (χ2n) is 4.68. The topological polar surface area (TPSA) is 78.7 Å². The van der Waals surface area contributed by atoms with E-state index in [-0.39, 0.29) is 5.91 Å². The average Bonchev–Trinajstić information content (AvgIpc) is 2.51. The van der Waals surface area contributed by atoms with E-state index in [1.165, 1.54) is 0 Å². The van der Waals surface area contributed by atoms with Crippen LogP contribution in [0.1, 0.15) is 17.1 Å². The van der Waals surface area contributed by atoms with Crippen LogP contribution >= 0.6 is 0 Å². The first-order chi connectivity index (χ1) is 10.2. The predicted molar refractivity (Wildman–Crippen MR) is 77.9 cm³/mol. The Morgan fingerprint density at radius 2 is 2.10 bits per heavy atom. The quantitative estimate of drug-likeness (QED) is 0.905. The van der Waals surface area contributed by atoms with Crippen molar-refractivity contribution in [2.45, 2.75) is 19.9 Å². The van der Waals surface area contributed by atoms with Crippen LogP contribution in [-0.2, 0) is 17.8 Å². The van der Waals surface area contributed by atoms with Crippen LogP contribution in [0.2, 0.25) is 0 Å². The van der Waals surface area contributed by atoms with E-state index in [9.17, 15) is 4.79 Å². The Bertz CT molecular complexity index is 649. The van der Waals surface area contributed by atoms with E-state index >= 15 is 0 Å². The number of nitrogens with zero attached hydrogens (tertiary/aromatic N) is 3. The number of benzene rings is 1. The maximum absolute atomic E-state index is 12.1. The molecule has 5 heteroatoms. The summed E-state index contributed by atoms with van der Waals surface area (Å²) < 4.78 is 0. The molecule has 0 spiro atoms. The van der Waals surface area contributed by atoms with Gasteiger partial charge in [0.05, 0.1) is 18.3 Å². The second kappa shape index (κ2) is 7.15. The summed E-state index contributed by atoms with van der Waals surface area (Å²) >= 11 is 0. The largest absolute Gasteiger partial charge is 0.349 e. The van der Waals surface area contributed by atoms with Gasteiger partial charge in [0.15, 0.2) is 0 Å². The van der Waals surface area contributed by atoms with Crippen molar-refractivity contribution < 1.29 is 4.79 Å². The van der Waals surface area contributed by atoms with Crippen molar-refractivity contribution in [2.24, 2.45) is 5.92 Å². The molecule has 5 nitrogen and oxygen atoms in total. The maximum atomic E-state index is 12.1. The van der Waals surface area contributed by atoms with Crippen molar-refractivity contribution in [3.8, 4) is 6.07 Å². The monoisotopic (exact) mass is 280 g/mol. The van der Waals surface area contributed by atoms with Gasteiger partial charge < -0.3 is 5.32 Å². The van der Waals surface area contributed by atoms with Crippen molar-refractivity contribution >= 4 is 5.91 Å². The summed E-state index contributed by atoms with van der Waals surface area (Å²) in [4.78, 5) is 20.3. The molecule has 21 heavy (non-hydrogen) atoms. The molecule has 106 valence electrons. The molecule has 1 amide bonds. The minimum absolute atomic E-state index is 0.280. The molecule has 1 heterocycles. The van der Waals surface area contributed by atoms with Crippen LogP contribution in [0.25, 0.3) is 0 Å². The van der Waals surface area contributed by atoms with E-state index in [2.05, 4.69) is 21.4 Å². The normalized spacial score (nSPS) is 11.4. The molecule has 0 radical (unpaired) electrons. The van der Waals surface area contributed by atoms with Gasteiger partial charge in [-0.25, -0.2) is 9.97 Å². The molecule has 1 aromatic carbocycles. The first kappa shape index (κ1) is 14.7. The highest BCUT2D eigenvalue weighted by molar-refractivity contribution is 5.81.